The predicted octanol–water partition coefficient (Wildman–Crippen LogP) is 4.47. The summed E-state index contributed by atoms with van der Waals surface area (Å²) in [5.74, 6) is 0.560. The van der Waals surface area contributed by atoms with E-state index in [0.717, 1.165) is 31.4 Å². The largest absolute Gasteiger partial charge is 0.453 e. The predicted molar refractivity (Wildman–Crippen MR) is 159 cm³/mol. The average molecular weight is 580 g/mol. The van der Waals surface area contributed by atoms with Gasteiger partial charge < -0.3 is 30.9 Å². The van der Waals surface area contributed by atoms with E-state index in [9.17, 15) is 14.4 Å². The number of urea groups is 1. The number of ether oxygens (including phenoxy) is 1. The van der Waals surface area contributed by atoms with Gasteiger partial charge in [-0.25, -0.2) is 9.59 Å². The van der Waals surface area contributed by atoms with Crippen LogP contribution in [0, 0.1) is 11.8 Å². The number of hydrogen-bond donors (Lipinski definition) is 4. The second kappa shape index (κ2) is 16.2. The molecule has 4 atom stereocenters. The Bertz CT molecular complexity index is 907. The number of methoxy groups -OCH3 is 1. The molecule has 0 bridgehead atoms. The lowest BCUT2D eigenvalue weighted by Crippen LogP contribution is -2.61. The van der Waals surface area contributed by atoms with Crippen LogP contribution in [0.3, 0.4) is 0 Å². The highest BCUT2D eigenvalue weighted by atomic mass is 35.5. The van der Waals surface area contributed by atoms with Crippen LogP contribution in [0.1, 0.15) is 77.6 Å². The Balaban J connectivity index is 1.77. The summed E-state index contributed by atoms with van der Waals surface area (Å²) in [4.78, 5) is 39.8. The van der Waals surface area contributed by atoms with Gasteiger partial charge in [-0.05, 0) is 57.1 Å². The first-order chi connectivity index (χ1) is 19.3. The lowest BCUT2D eigenvalue weighted by atomic mass is 9.69. The number of halogens is 1. The van der Waals surface area contributed by atoms with E-state index in [0.29, 0.717) is 44.8 Å². The minimum Gasteiger partial charge on any atom is -0.453 e. The van der Waals surface area contributed by atoms with E-state index < -0.39 is 11.6 Å². The highest BCUT2D eigenvalue weighted by Gasteiger charge is 2.45. The third-order valence-corrected chi connectivity index (χ3v) is 9.03. The molecule has 4 amide bonds. The molecular formula is C30H50ClN5O4. The Hall–Kier alpha value is -2.26. The smallest absolute Gasteiger partial charge is 0.406 e. The van der Waals surface area contributed by atoms with Gasteiger partial charge in [0, 0.05) is 45.1 Å². The van der Waals surface area contributed by atoms with Crippen molar-refractivity contribution in [2.24, 2.45) is 11.8 Å². The van der Waals surface area contributed by atoms with Gasteiger partial charge in [0.05, 0.1) is 18.0 Å². The summed E-state index contributed by atoms with van der Waals surface area (Å²) in [6.07, 6.45) is 16.5. The lowest BCUT2D eigenvalue weighted by Gasteiger charge is -2.48. The Morgan fingerprint density at radius 1 is 1.18 bits per heavy atom. The molecule has 3 rings (SSSR count). The average Bonchev–Trinajstić information content (AvgIpc) is 2.95. The van der Waals surface area contributed by atoms with Gasteiger partial charge in [0.2, 0.25) is 5.91 Å². The molecule has 2 aliphatic carbocycles. The maximum atomic E-state index is 13.6. The van der Waals surface area contributed by atoms with Gasteiger partial charge in [-0.15, -0.1) is 11.6 Å². The molecule has 9 nitrogen and oxygen atoms in total. The van der Waals surface area contributed by atoms with Crippen LogP contribution in [-0.4, -0.2) is 80.2 Å². The molecule has 0 radical (unpaired) electrons. The zero-order valence-corrected chi connectivity index (χ0v) is 25.4. The quantitative estimate of drug-likeness (QED) is 0.201. The number of piperidine rings is 1. The molecule has 2 fully saturated rings. The number of nitrogens with zero attached hydrogens (tertiary/aromatic N) is 1. The van der Waals surface area contributed by atoms with Gasteiger partial charge in [0.15, 0.2) is 0 Å². The molecule has 0 aromatic carbocycles. The van der Waals surface area contributed by atoms with E-state index in [1.54, 1.807) is 6.92 Å². The number of hydrogen-bond acceptors (Lipinski definition) is 5. The Labute approximate surface area is 245 Å². The van der Waals surface area contributed by atoms with Crippen molar-refractivity contribution in [1.82, 2.24) is 26.2 Å². The number of rotatable bonds is 12. The first kappa shape index (κ1) is 32.3. The first-order valence-electron chi connectivity index (χ1n) is 15.1. The maximum absolute atomic E-state index is 13.6. The molecule has 1 saturated heterocycles. The second-order valence-electron chi connectivity index (χ2n) is 11.7. The van der Waals surface area contributed by atoms with Crippen LogP contribution in [-0.2, 0) is 9.53 Å². The van der Waals surface area contributed by atoms with Crippen molar-refractivity contribution >= 4 is 29.6 Å². The topological polar surface area (TPSA) is 112 Å². The molecule has 1 heterocycles. The van der Waals surface area contributed by atoms with Gasteiger partial charge in [0.25, 0.3) is 0 Å². The molecule has 4 N–H and O–H groups in total. The minimum atomic E-state index is -0.674. The number of alkyl carbamates (subject to hydrolysis) is 1. The zero-order chi connectivity index (χ0) is 29.0. The Kier molecular flexibility index (Phi) is 13.1. The molecule has 40 heavy (non-hydrogen) atoms. The monoisotopic (exact) mass is 579 g/mol. The molecule has 0 spiro atoms. The summed E-state index contributed by atoms with van der Waals surface area (Å²) >= 11 is 6.57. The van der Waals surface area contributed by atoms with Crippen molar-refractivity contribution in [2.75, 3.05) is 40.3 Å². The second-order valence-corrected chi connectivity index (χ2v) is 12.3. The Morgan fingerprint density at radius 2 is 1.95 bits per heavy atom. The SMILES string of the molecule is CNC[C@H](CC1CCCCC1)NC(=O)N1CCC[C@@H]([C@](CCCNC(=O)OC)(NC(C)=O)C2=CC=CC(Cl)C2)C1. The fourth-order valence-electron chi connectivity index (χ4n) is 6.88. The molecule has 10 heteroatoms. The van der Waals surface area contributed by atoms with Crippen LogP contribution in [0.15, 0.2) is 23.8 Å². The number of carbonyl (C=O) groups is 3. The van der Waals surface area contributed by atoms with Crippen LogP contribution in [0.4, 0.5) is 9.59 Å². The van der Waals surface area contributed by atoms with E-state index >= 15 is 0 Å². The van der Waals surface area contributed by atoms with Gasteiger partial charge in [0.1, 0.15) is 0 Å². The van der Waals surface area contributed by atoms with E-state index in [4.69, 9.17) is 16.3 Å². The highest BCUT2D eigenvalue weighted by molar-refractivity contribution is 6.22. The summed E-state index contributed by atoms with van der Waals surface area (Å²) in [5.41, 5.74) is 0.397. The van der Waals surface area contributed by atoms with Crippen molar-refractivity contribution in [3.8, 4) is 0 Å². The number of likely N-dealkylation sites (tertiary alicyclic amines) is 1. The summed E-state index contributed by atoms with van der Waals surface area (Å²) in [6.45, 7) is 3.94. The van der Waals surface area contributed by atoms with Crippen molar-refractivity contribution in [3.63, 3.8) is 0 Å². The fraction of sp³-hybridized carbons (Fsp3) is 0.767. The van der Waals surface area contributed by atoms with Crippen molar-refractivity contribution in [3.05, 3.63) is 23.8 Å². The van der Waals surface area contributed by atoms with Crippen LogP contribution in [0.2, 0.25) is 0 Å². The van der Waals surface area contributed by atoms with E-state index in [-0.39, 0.29) is 29.3 Å². The lowest BCUT2D eigenvalue weighted by molar-refractivity contribution is -0.121. The van der Waals surface area contributed by atoms with Crippen LogP contribution in [0.25, 0.3) is 0 Å². The van der Waals surface area contributed by atoms with Gasteiger partial charge in [-0.1, -0.05) is 50.3 Å². The highest BCUT2D eigenvalue weighted by Crippen LogP contribution is 2.40. The summed E-state index contributed by atoms with van der Waals surface area (Å²) in [6, 6.07) is 0.0613. The number of amides is 4. The normalized spacial score (nSPS) is 23.9. The fourth-order valence-corrected chi connectivity index (χ4v) is 7.13. The molecule has 3 aliphatic rings. The third kappa shape index (κ3) is 9.40. The molecule has 1 unspecified atom stereocenters. The Morgan fingerprint density at radius 3 is 2.62 bits per heavy atom. The summed E-state index contributed by atoms with van der Waals surface area (Å²) in [7, 11) is 3.28. The molecule has 1 aliphatic heterocycles. The van der Waals surface area contributed by atoms with Crippen LogP contribution >= 0.6 is 11.6 Å². The van der Waals surface area contributed by atoms with E-state index in [2.05, 4.69) is 27.3 Å². The molecule has 0 aromatic rings. The molecule has 226 valence electrons. The maximum Gasteiger partial charge on any atom is 0.406 e. The minimum absolute atomic E-state index is 0.0109. The zero-order valence-electron chi connectivity index (χ0n) is 24.6. The summed E-state index contributed by atoms with van der Waals surface area (Å²) < 4.78 is 4.72. The van der Waals surface area contributed by atoms with Gasteiger partial charge >= 0.3 is 12.1 Å². The van der Waals surface area contributed by atoms with Gasteiger partial charge in [-0.3, -0.25) is 4.79 Å². The number of alkyl halides is 1. The number of carbonyl (C=O) groups excluding carboxylic acids is 3. The van der Waals surface area contributed by atoms with Crippen molar-refractivity contribution in [1.29, 1.82) is 0 Å². The van der Waals surface area contributed by atoms with Crippen LogP contribution in [0.5, 0.6) is 0 Å². The number of nitrogens with one attached hydrogen (secondary N) is 4. The standard InChI is InChI=1S/C30H50ClN5O4/c1-22(37)35-30(15-9-16-33-29(39)40-3,24-12-7-14-26(31)19-24)25-13-8-17-36(21-25)28(38)34-27(20-32-2)18-23-10-5-4-6-11-23/h7,12,14,23,25-27,32H,4-6,8-11,13,15-21H2,1-3H3,(H,33,39)(H,34,38)(H,35,37)/t25-,26?,27+,30-/m1/s1. The number of allylic oxidation sites excluding steroid dienone is 3. The van der Waals surface area contributed by atoms with Crippen LogP contribution < -0.4 is 21.3 Å². The molecule has 1 saturated carbocycles. The third-order valence-electron chi connectivity index (χ3n) is 8.73. The van der Waals surface area contributed by atoms with Gasteiger partial charge in [-0.2, -0.15) is 0 Å². The van der Waals surface area contributed by atoms with Crippen molar-refractivity contribution < 1.29 is 19.1 Å². The van der Waals surface area contributed by atoms with Crippen molar-refractivity contribution in [2.45, 2.75) is 94.5 Å². The van der Waals surface area contributed by atoms with E-state index in [1.807, 2.05) is 24.1 Å². The first-order valence-corrected chi connectivity index (χ1v) is 15.5. The summed E-state index contributed by atoms with van der Waals surface area (Å²) in [5, 5.41) is 12.5. The molecular weight excluding hydrogens is 530 g/mol. The number of likely N-dealkylation sites (N-methyl/N-ethyl adjacent to an activating group) is 1. The van der Waals surface area contributed by atoms with E-state index in [1.165, 1.54) is 39.2 Å². The molecule has 0 aromatic heterocycles.